The summed E-state index contributed by atoms with van der Waals surface area (Å²) in [6.07, 6.45) is 0. The van der Waals surface area contributed by atoms with Crippen molar-refractivity contribution in [2.45, 2.75) is 41.2 Å². The molecule has 0 unspecified atom stereocenters. The van der Waals surface area contributed by atoms with Crippen LogP contribution in [0.25, 0.3) is 0 Å². The van der Waals surface area contributed by atoms with Crippen LogP contribution in [0.3, 0.4) is 0 Å². The molecule has 0 bridgehead atoms. The van der Waals surface area contributed by atoms with E-state index < -0.39 is 0 Å². The van der Waals surface area contributed by atoms with Crippen LogP contribution in [-0.2, 0) is 6.54 Å². The summed E-state index contributed by atoms with van der Waals surface area (Å²) in [5, 5.41) is 0. The topological polar surface area (TPSA) is 67.1 Å². The van der Waals surface area contributed by atoms with Crippen molar-refractivity contribution in [1.29, 1.82) is 0 Å². The Kier molecular flexibility index (Phi) is 6.18. The summed E-state index contributed by atoms with van der Waals surface area (Å²) in [6.45, 7) is 13.8. The normalized spacial score (nSPS) is 11.6. The highest BCUT2D eigenvalue weighted by Crippen LogP contribution is 2.10. The minimum Gasteiger partial charge on any atom is -0.308 e. The zero-order valence-electron chi connectivity index (χ0n) is 12.8. The summed E-state index contributed by atoms with van der Waals surface area (Å²) < 4.78 is 0. The average molecular weight is 265 g/mol. The molecule has 3 N–H and O–H groups in total. The summed E-state index contributed by atoms with van der Waals surface area (Å²) in [7, 11) is 0. The second-order valence-corrected chi connectivity index (χ2v) is 5.94. The molecule has 0 amide bonds. The van der Waals surface area contributed by atoms with Crippen LogP contribution in [0.5, 0.6) is 0 Å². The Balaban J connectivity index is 2.79. The first-order valence-corrected chi connectivity index (χ1v) is 6.94. The fourth-order valence-corrected chi connectivity index (χ4v) is 2.21. The molecule has 0 atom stereocenters. The van der Waals surface area contributed by atoms with Gasteiger partial charge < -0.3 is 5.43 Å². The molecule has 1 heterocycles. The molecule has 0 fully saturated rings. The van der Waals surface area contributed by atoms with Crippen molar-refractivity contribution in [2.24, 2.45) is 17.7 Å². The molecule has 5 nitrogen and oxygen atoms in total. The lowest BCUT2D eigenvalue weighted by molar-refractivity contribution is 0.206. The van der Waals surface area contributed by atoms with E-state index in [1.807, 2.05) is 13.0 Å². The van der Waals surface area contributed by atoms with Gasteiger partial charge in [0.2, 0.25) is 0 Å². The Morgan fingerprint density at radius 2 is 1.74 bits per heavy atom. The SMILES string of the molecule is Cc1cc(NN)nc(CN(CC(C)C)CC(C)C)n1. The third-order valence-corrected chi connectivity index (χ3v) is 2.66. The number of nitrogens with zero attached hydrogens (tertiary/aromatic N) is 3. The molecular weight excluding hydrogens is 238 g/mol. The van der Waals surface area contributed by atoms with Crippen molar-refractivity contribution >= 4 is 5.82 Å². The van der Waals surface area contributed by atoms with Gasteiger partial charge in [0.25, 0.3) is 0 Å². The van der Waals surface area contributed by atoms with Gasteiger partial charge in [-0.15, -0.1) is 0 Å². The van der Waals surface area contributed by atoms with Crippen LogP contribution in [0, 0.1) is 18.8 Å². The monoisotopic (exact) mass is 265 g/mol. The van der Waals surface area contributed by atoms with E-state index in [4.69, 9.17) is 5.84 Å². The van der Waals surface area contributed by atoms with Gasteiger partial charge in [-0.3, -0.25) is 4.90 Å². The minimum absolute atomic E-state index is 0.635. The molecule has 1 rings (SSSR count). The van der Waals surface area contributed by atoms with Crippen LogP contribution in [0.4, 0.5) is 5.82 Å². The van der Waals surface area contributed by atoms with Crippen molar-refractivity contribution < 1.29 is 0 Å². The van der Waals surface area contributed by atoms with Gasteiger partial charge in [-0.2, -0.15) is 0 Å². The van der Waals surface area contributed by atoms with Crippen LogP contribution in [0.1, 0.15) is 39.2 Å². The fraction of sp³-hybridized carbons (Fsp3) is 0.714. The molecule has 0 radical (unpaired) electrons. The van der Waals surface area contributed by atoms with E-state index in [2.05, 4.69) is 48.0 Å². The highest BCUT2D eigenvalue weighted by Gasteiger charge is 2.12. The lowest BCUT2D eigenvalue weighted by atomic mass is 10.1. The second kappa shape index (κ2) is 7.40. The quantitative estimate of drug-likeness (QED) is 0.584. The molecule has 19 heavy (non-hydrogen) atoms. The molecule has 0 spiro atoms. The summed E-state index contributed by atoms with van der Waals surface area (Å²) in [4.78, 5) is 11.3. The van der Waals surface area contributed by atoms with Gasteiger partial charge in [-0.05, 0) is 18.8 Å². The first-order chi connectivity index (χ1) is 8.90. The summed E-state index contributed by atoms with van der Waals surface area (Å²) in [6, 6.07) is 1.85. The van der Waals surface area contributed by atoms with E-state index in [9.17, 15) is 0 Å². The van der Waals surface area contributed by atoms with E-state index >= 15 is 0 Å². The van der Waals surface area contributed by atoms with E-state index in [0.29, 0.717) is 17.7 Å². The van der Waals surface area contributed by atoms with E-state index in [-0.39, 0.29) is 0 Å². The zero-order valence-corrected chi connectivity index (χ0v) is 12.8. The number of aryl methyl sites for hydroxylation is 1. The van der Waals surface area contributed by atoms with Crippen LogP contribution < -0.4 is 11.3 Å². The van der Waals surface area contributed by atoms with Crippen LogP contribution in [0.15, 0.2) is 6.07 Å². The lowest BCUT2D eigenvalue weighted by Crippen LogP contribution is -2.31. The maximum absolute atomic E-state index is 5.43. The number of nitrogen functional groups attached to an aromatic ring is 1. The first kappa shape index (κ1) is 15.9. The highest BCUT2D eigenvalue weighted by atomic mass is 15.3. The summed E-state index contributed by atoms with van der Waals surface area (Å²) in [5.41, 5.74) is 3.53. The Labute approximate surface area is 116 Å². The van der Waals surface area contributed by atoms with E-state index in [1.54, 1.807) is 0 Å². The predicted octanol–water partition coefficient (Wildman–Crippen LogP) is 2.18. The van der Waals surface area contributed by atoms with Gasteiger partial charge in [0.1, 0.15) is 11.6 Å². The zero-order chi connectivity index (χ0) is 14.4. The average Bonchev–Trinajstić information content (AvgIpc) is 2.26. The molecule has 108 valence electrons. The molecule has 5 heteroatoms. The third-order valence-electron chi connectivity index (χ3n) is 2.66. The van der Waals surface area contributed by atoms with Gasteiger partial charge in [-0.1, -0.05) is 27.7 Å². The Morgan fingerprint density at radius 1 is 1.16 bits per heavy atom. The summed E-state index contributed by atoms with van der Waals surface area (Å²) >= 11 is 0. The van der Waals surface area contributed by atoms with E-state index in [1.165, 1.54) is 0 Å². The fourth-order valence-electron chi connectivity index (χ4n) is 2.21. The van der Waals surface area contributed by atoms with Crippen molar-refractivity contribution in [3.63, 3.8) is 0 Å². The van der Waals surface area contributed by atoms with E-state index in [0.717, 1.165) is 31.2 Å². The maximum atomic E-state index is 5.43. The maximum Gasteiger partial charge on any atom is 0.145 e. The second-order valence-electron chi connectivity index (χ2n) is 5.94. The third kappa shape index (κ3) is 5.98. The number of nitrogens with one attached hydrogen (secondary N) is 1. The minimum atomic E-state index is 0.635. The van der Waals surface area contributed by atoms with Crippen LogP contribution in [-0.4, -0.2) is 28.0 Å². The van der Waals surface area contributed by atoms with Crippen molar-refractivity contribution in [3.05, 3.63) is 17.6 Å². The smallest absolute Gasteiger partial charge is 0.145 e. The summed E-state index contributed by atoms with van der Waals surface area (Å²) in [5.74, 6) is 8.20. The standard InChI is InChI=1S/C14H27N5/c1-10(2)7-19(8-11(3)4)9-14-16-12(5)6-13(17-14)18-15/h6,10-11H,7-9,15H2,1-5H3,(H,16,17,18). The van der Waals surface area contributed by atoms with Gasteiger partial charge in [0.05, 0.1) is 6.54 Å². The molecule has 0 saturated heterocycles. The number of anilines is 1. The molecule has 0 aliphatic carbocycles. The van der Waals surface area contributed by atoms with Crippen LogP contribution >= 0.6 is 0 Å². The molecule has 0 saturated carbocycles. The molecule has 0 aliphatic heterocycles. The van der Waals surface area contributed by atoms with Crippen molar-refractivity contribution in [2.75, 3.05) is 18.5 Å². The largest absolute Gasteiger partial charge is 0.308 e. The van der Waals surface area contributed by atoms with Crippen molar-refractivity contribution in [1.82, 2.24) is 14.9 Å². The predicted molar refractivity (Wildman–Crippen MR) is 79.5 cm³/mol. The molecular formula is C14H27N5. The van der Waals surface area contributed by atoms with Gasteiger partial charge in [0, 0.05) is 24.8 Å². The molecule has 1 aromatic rings. The number of aromatic nitrogens is 2. The number of hydrogen-bond donors (Lipinski definition) is 2. The number of rotatable bonds is 7. The van der Waals surface area contributed by atoms with Crippen LogP contribution in [0.2, 0.25) is 0 Å². The molecule has 0 aromatic carbocycles. The highest BCUT2D eigenvalue weighted by molar-refractivity contribution is 5.33. The molecule has 0 aliphatic rings. The Bertz CT molecular complexity index is 379. The number of hydrogen-bond acceptors (Lipinski definition) is 5. The van der Waals surface area contributed by atoms with Gasteiger partial charge in [0.15, 0.2) is 0 Å². The lowest BCUT2D eigenvalue weighted by Gasteiger charge is -2.25. The van der Waals surface area contributed by atoms with Crippen molar-refractivity contribution in [3.8, 4) is 0 Å². The Hall–Kier alpha value is -1.20. The number of nitrogens with two attached hydrogens (primary N) is 1. The molecule has 1 aromatic heterocycles. The number of hydrazine groups is 1. The Morgan fingerprint density at radius 3 is 2.21 bits per heavy atom. The van der Waals surface area contributed by atoms with Gasteiger partial charge in [-0.25, -0.2) is 15.8 Å². The van der Waals surface area contributed by atoms with Gasteiger partial charge >= 0.3 is 0 Å². The first-order valence-electron chi connectivity index (χ1n) is 6.94.